The Labute approximate surface area is 106 Å². The molecule has 0 radical (unpaired) electrons. The van der Waals surface area contributed by atoms with Crippen molar-refractivity contribution in [3.05, 3.63) is 18.3 Å². The molecule has 0 spiro atoms. The van der Waals surface area contributed by atoms with Crippen molar-refractivity contribution in [3.63, 3.8) is 0 Å². The monoisotopic (exact) mass is 294 g/mol. The predicted molar refractivity (Wildman–Crippen MR) is 65.4 cm³/mol. The number of pyridine rings is 1. The highest BCUT2D eigenvalue weighted by Gasteiger charge is 2.23. The minimum absolute atomic E-state index is 0.106. The van der Waals surface area contributed by atoms with Gasteiger partial charge in [0.1, 0.15) is 0 Å². The average molecular weight is 294 g/mol. The lowest BCUT2D eigenvalue weighted by Gasteiger charge is -2.08. The lowest BCUT2D eigenvalue weighted by atomic mass is 10.5. The van der Waals surface area contributed by atoms with Gasteiger partial charge in [-0.2, -0.15) is 0 Å². The second kappa shape index (κ2) is 5.63. The Morgan fingerprint density at radius 2 is 1.94 bits per heavy atom. The number of primary sulfonamides is 1. The SMILES string of the molecule is CCOc1cccnc1S(=O)(=O)CCS(N)(=O)=O. The summed E-state index contributed by atoms with van der Waals surface area (Å²) in [6, 6.07) is 2.99. The molecule has 0 unspecified atom stereocenters. The Bertz CT molecular complexity index is 610. The lowest BCUT2D eigenvalue weighted by molar-refractivity contribution is 0.328. The molecule has 0 aromatic carbocycles. The number of sulfonamides is 1. The first-order chi connectivity index (χ1) is 8.26. The van der Waals surface area contributed by atoms with Gasteiger partial charge in [-0.15, -0.1) is 0 Å². The quantitative estimate of drug-likeness (QED) is 0.759. The van der Waals surface area contributed by atoms with E-state index in [0.29, 0.717) is 0 Å². The third kappa shape index (κ3) is 4.24. The first-order valence-electron chi connectivity index (χ1n) is 5.07. The number of hydrogen-bond acceptors (Lipinski definition) is 6. The lowest BCUT2D eigenvalue weighted by Crippen LogP contribution is -2.24. The molecule has 18 heavy (non-hydrogen) atoms. The summed E-state index contributed by atoms with van der Waals surface area (Å²) in [5.41, 5.74) is 0. The maximum Gasteiger partial charge on any atom is 0.210 e. The number of nitrogens with two attached hydrogens (primary N) is 1. The highest BCUT2D eigenvalue weighted by atomic mass is 32.2. The minimum Gasteiger partial charge on any atom is -0.491 e. The Balaban J connectivity index is 3.05. The molecular weight excluding hydrogens is 280 g/mol. The Morgan fingerprint density at radius 1 is 1.28 bits per heavy atom. The molecule has 7 nitrogen and oxygen atoms in total. The molecule has 2 N–H and O–H groups in total. The van der Waals surface area contributed by atoms with Crippen molar-refractivity contribution >= 4 is 19.9 Å². The van der Waals surface area contributed by atoms with Gasteiger partial charge < -0.3 is 4.74 Å². The maximum atomic E-state index is 11.9. The van der Waals surface area contributed by atoms with E-state index < -0.39 is 31.4 Å². The molecule has 0 fully saturated rings. The molecule has 1 aromatic rings. The molecule has 1 heterocycles. The van der Waals surface area contributed by atoms with E-state index in [1.165, 1.54) is 18.3 Å². The second-order valence-electron chi connectivity index (χ2n) is 3.43. The van der Waals surface area contributed by atoms with Crippen LogP contribution < -0.4 is 9.88 Å². The zero-order chi connectivity index (χ0) is 13.8. The molecule has 1 aromatic heterocycles. The molecule has 9 heteroatoms. The molecule has 1 rings (SSSR count). The van der Waals surface area contributed by atoms with Gasteiger partial charge in [0.2, 0.25) is 10.0 Å². The van der Waals surface area contributed by atoms with Gasteiger partial charge in [0.15, 0.2) is 20.6 Å². The van der Waals surface area contributed by atoms with E-state index in [1.54, 1.807) is 6.92 Å². The number of nitrogens with zero attached hydrogens (tertiary/aromatic N) is 1. The molecule has 0 aliphatic heterocycles. The maximum absolute atomic E-state index is 11.9. The molecule has 0 bridgehead atoms. The average Bonchev–Trinajstić information content (AvgIpc) is 2.27. The van der Waals surface area contributed by atoms with Crippen LogP contribution in [0.25, 0.3) is 0 Å². The summed E-state index contributed by atoms with van der Waals surface area (Å²) in [6.45, 7) is 1.98. The molecule has 0 atom stereocenters. The fourth-order valence-electron chi connectivity index (χ4n) is 1.20. The van der Waals surface area contributed by atoms with Crippen LogP contribution in [0.15, 0.2) is 23.4 Å². The molecule has 0 amide bonds. The van der Waals surface area contributed by atoms with Crippen LogP contribution in [0.3, 0.4) is 0 Å². The topological polar surface area (TPSA) is 116 Å². The summed E-state index contributed by atoms with van der Waals surface area (Å²) in [5.74, 6) is -1.17. The number of sulfone groups is 1. The molecule has 0 saturated carbocycles. The molecular formula is C9H14N2O5S2. The van der Waals surface area contributed by atoms with Gasteiger partial charge in [0.25, 0.3) is 0 Å². The highest BCUT2D eigenvalue weighted by molar-refractivity contribution is 7.94. The van der Waals surface area contributed by atoms with Crippen molar-refractivity contribution in [3.8, 4) is 5.75 Å². The zero-order valence-electron chi connectivity index (χ0n) is 9.74. The van der Waals surface area contributed by atoms with Crippen LogP contribution in [-0.2, 0) is 19.9 Å². The number of aromatic nitrogens is 1. The van der Waals surface area contributed by atoms with Crippen molar-refractivity contribution in [1.29, 1.82) is 0 Å². The van der Waals surface area contributed by atoms with E-state index in [0.717, 1.165) is 0 Å². The van der Waals surface area contributed by atoms with Crippen molar-refractivity contribution in [1.82, 2.24) is 4.98 Å². The van der Waals surface area contributed by atoms with Gasteiger partial charge in [-0.25, -0.2) is 27.0 Å². The normalized spacial score (nSPS) is 12.3. The number of rotatable bonds is 6. The zero-order valence-corrected chi connectivity index (χ0v) is 11.4. The summed E-state index contributed by atoms with van der Waals surface area (Å²) < 4.78 is 50.5. The summed E-state index contributed by atoms with van der Waals surface area (Å²) in [5, 5.41) is 4.51. The molecule has 0 aliphatic carbocycles. The third-order valence-corrected chi connectivity index (χ3v) is 4.64. The molecule has 0 aliphatic rings. The second-order valence-corrected chi connectivity index (χ2v) is 7.18. The summed E-state index contributed by atoms with van der Waals surface area (Å²) >= 11 is 0. The van der Waals surface area contributed by atoms with E-state index >= 15 is 0 Å². The molecule has 102 valence electrons. The Hall–Kier alpha value is -1.19. The fourth-order valence-corrected chi connectivity index (χ4v) is 3.85. The van der Waals surface area contributed by atoms with Crippen LogP contribution in [0.1, 0.15) is 6.92 Å². The van der Waals surface area contributed by atoms with Gasteiger partial charge >= 0.3 is 0 Å². The van der Waals surface area contributed by atoms with E-state index in [2.05, 4.69) is 4.98 Å². The van der Waals surface area contributed by atoms with Gasteiger partial charge in [0.05, 0.1) is 18.1 Å². The summed E-state index contributed by atoms with van der Waals surface area (Å²) in [6.07, 6.45) is 1.30. The van der Waals surface area contributed by atoms with Crippen molar-refractivity contribution in [2.75, 3.05) is 18.1 Å². The minimum atomic E-state index is -3.84. The van der Waals surface area contributed by atoms with Crippen LogP contribution in [0.4, 0.5) is 0 Å². The predicted octanol–water partition coefficient (Wildman–Crippen LogP) is -0.457. The van der Waals surface area contributed by atoms with Crippen molar-refractivity contribution in [2.45, 2.75) is 11.9 Å². The highest BCUT2D eigenvalue weighted by Crippen LogP contribution is 2.21. The van der Waals surface area contributed by atoms with Gasteiger partial charge in [-0.3, -0.25) is 0 Å². The smallest absolute Gasteiger partial charge is 0.210 e. The Kier molecular flexibility index (Phi) is 4.65. The van der Waals surface area contributed by atoms with Gasteiger partial charge in [-0.1, -0.05) is 0 Å². The Morgan fingerprint density at radius 3 is 2.50 bits per heavy atom. The van der Waals surface area contributed by atoms with Crippen molar-refractivity contribution in [2.24, 2.45) is 5.14 Å². The summed E-state index contributed by atoms with van der Waals surface area (Å²) in [4.78, 5) is 3.72. The first kappa shape index (κ1) is 14.9. The van der Waals surface area contributed by atoms with E-state index in [1.807, 2.05) is 0 Å². The third-order valence-electron chi connectivity index (χ3n) is 1.97. The fraction of sp³-hybridized carbons (Fsp3) is 0.444. The largest absolute Gasteiger partial charge is 0.491 e. The number of ether oxygens (including phenoxy) is 1. The standard InChI is InChI=1S/C9H14N2O5S2/c1-2-16-8-4-3-5-11-9(8)17(12,13)6-7-18(10,14)15/h3-5H,2,6-7H2,1H3,(H2,10,14,15). The summed E-state index contributed by atoms with van der Waals surface area (Å²) in [7, 11) is -7.68. The van der Waals surface area contributed by atoms with E-state index in [9.17, 15) is 16.8 Å². The van der Waals surface area contributed by atoms with Gasteiger partial charge in [-0.05, 0) is 19.1 Å². The first-order valence-corrected chi connectivity index (χ1v) is 8.44. The van der Waals surface area contributed by atoms with Crippen LogP contribution in [0.5, 0.6) is 5.75 Å². The van der Waals surface area contributed by atoms with Crippen LogP contribution >= 0.6 is 0 Å². The van der Waals surface area contributed by atoms with E-state index in [4.69, 9.17) is 9.88 Å². The van der Waals surface area contributed by atoms with Crippen molar-refractivity contribution < 1.29 is 21.6 Å². The van der Waals surface area contributed by atoms with Crippen LogP contribution in [-0.4, -0.2) is 39.9 Å². The van der Waals surface area contributed by atoms with Crippen LogP contribution in [0.2, 0.25) is 0 Å². The number of hydrogen-bond donors (Lipinski definition) is 1. The van der Waals surface area contributed by atoms with E-state index in [-0.39, 0.29) is 17.4 Å². The van der Waals surface area contributed by atoms with Gasteiger partial charge in [0, 0.05) is 6.20 Å². The molecule has 0 saturated heterocycles. The van der Waals surface area contributed by atoms with Crippen LogP contribution in [0, 0.1) is 0 Å².